The van der Waals surface area contributed by atoms with Gasteiger partial charge in [-0.25, -0.2) is 4.79 Å². The number of nitrogens with zero attached hydrogens (tertiary/aromatic N) is 4. The lowest BCUT2D eigenvalue weighted by atomic mass is 9.73. The number of phenols is 1. The first-order chi connectivity index (χ1) is 30.9. The van der Waals surface area contributed by atoms with E-state index in [2.05, 4.69) is 25.6 Å². The van der Waals surface area contributed by atoms with E-state index in [9.17, 15) is 34.5 Å². The number of fused-ring (bicyclic) bond motifs is 4. The molecule has 3 aromatic carbocycles. The molecule has 0 saturated carbocycles. The second kappa shape index (κ2) is 19.3. The van der Waals surface area contributed by atoms with Crippen LogP contribution in [0.1, 0.15) is 90.5 Å². The molecule has 9 rings (SSSR count). The molecule has 2 aromatic heterocycles. The van der Waals surface area contributed by atoms with E-state index in [0.717, 1.165) is 43.6 Å². The van der Waals surface area contributed by atoms with Crippen LogP contribution in [0.5, 0.6) is 11.5 Å². The number of aryl methyl sites for hydroxylation is 1. The SMILES string of the molecule is CCC(CC1(C(=O)O)CCN(C(=O)c2cc(COc3cccc([C@@H](NC(=O)O[C@H]4CN5CCC4CC5)c4ccccc4)c3)n(C)n2)CC1)NC[C@H](O)c1ccc(O)c2[nH]c(=O)ccc12. The quantitative estimate of drug-likeness (QED) is 0.0751. The van der Waals surface area contributed by atoms with Crippen molar-refractivity contribution in [2.75, 3.05) is 39.3 Å². The zero-order valence-corrected chi connectivity index (χ0v) is 36.2. The predicted molar refractivity (Wildman–Crippen MR) is 238 cm³/mol. The Hall–Kier alpha value is -6.23. The number of nitrogens with one attached hydrogen (secondary N) is 3. The van der Waals surface area contributed by atoms with Gasteiger partial charge >= 0.3 is 12.1 Å². The number of carbonyl (C=O) groups excluding carboxylic acids is 2. The summed E-state index contributed by atoms with van der Waals surface area (Å²) in [5.74, 6) is -0.359. The third-order valence-electron chi connectivity index (χ3n) is 13.5. The fraction of sp³-hybridized carbons (Fsp3) is 0.438. The third-order valence-corrected chi connectivity index (χ3v) is 13.5. The van der Waals surface area contributed by atoms with E-state index in [0.29, 0.717) is 41.2 Å². The molecular weight excluding hydrogens is 819 g/mol. The number of aromatic hydroxyl groups is 1. The first-order valence-electron chi connectivity index (χ1n) is 22.2. The molecule has 4 aliphatic heterocycles. The van der Waals surface area contributed by atoms with Gasteiger partial charge in [0, 0.05) is 50.7 Å². The summed E-state index contributed by atoms with van der Waals surface area (Å²) >= 11 is 0. The first-order valence-corrected chi connectivity index (χ1v) is 22.2. The van der Waals surface area contributed by atoms with Gasteiger partial charge < -0.3 is 45.3 Å². The molecule has 338 valence electrons. The molecule has 64 heavy (non-hydrogen) atoms. The molecule has 4 atom stereocenters. The number of carbonyl (C=O) groups is 3. The Morgan fingerprint density at radius 2 is 1.70 bits per heavy atom. The minimum Gasteiger partial charge on any atom is -0.506 e. The van der Waals surface area contributed by atoms with Crippen LogP contribution in [0.4, 0.5) is 4.79 Å². The van der Waals surface area contributed by atoms with Crippen molar-refractivity contribution in [3.05, 3.63) is 123 Å². The lowest BCUT2D eigenvalue weighted by Gasteiger charge is -2.43. The minimum absolute atomic E-state index is 0.103. The van der Waals surface area contributed by atoms with Gasteiger partial charge in [0.1, 0.15) is 24.2 Å². The fourth-order valence-electron chi connectivity index (χ4n) is 9.60. The van der Waals surface area contributed by atoms with Crippen molar-refractivity contribution in [3.8, 4) is 11.5 Å². The highest BCUT2D eigenvalue weighted by Gasteiger charge is 2.44. The van der Waals surface area contributed by atoms with Crippen LogP contribution in [-0.2, 0) is 23.2 Å². The number of benzene rings is 3. The van der Waals surface area contributed by atoms with Crippen molar-refractivity contribution < 1.29 is 39.2 Å². The summed E-state index contributed by atoms with van der Waals surface area (Å²) in [6, 6.07) is 24.1. The Bertz CT molecular complexity index is 2510. The van der Waals surface area contributed by atoms with Gasteiger partial charge in [-0.15, -0.1) is 0 Å². The zero-order chi connectivity index (χ0) is 45.0. The van der Waals surface area contributed by atoms with Crippen molar-refractivity contribution >= 4 is 28.9 Å². The molecule has 2 bridgehead atoms. The Morgan fingerprint density at radius 1 is 0.953 bits per heavy atom. The molecule has 5 aromatic rings. The van der Waals surface area contributed by atoms with Crippen molar-refractivity contribution in [2.24, 2.45) is 18.4 Å². The molecule has 0 radical (unpaired) electrons. The van der Waals surface area contributed by atoms with E-state index in [1.54, 1.807) is 34.8 Å². The van der Waals surface area contributed by atoms with E-state index < -0.39 is 29.6 Å². The lowest BCUT2D eigenvalue weighted by molar-refractivity contribution is -0.152. The zero-order valence-electron chi connectivity index (χ0n) is 36.2. The monoisotopic (exact) mass is 875 g/mol. The summed E-state index contributed by atoms with van der Waals surface area (Å²) in [5, 5.41) is 43.4. The number of pyridine rings is 1. The number of piperidine rings is 4. The molecule has 16 nitrogen and oxygen atoms in total. The number of likely N-dealkylation sites (tertiary alicyclic amines) is 1. The van der Waals surface area contributed by atoms with Crippen molar-refractivity contribution in [1.29, 1.82) is 0 Å². The Morgan fingerprint density at radius 3 is 2.41 bits per heavy atom. The number of aliphatic hydroxyl groups is 1. The first kappa shape index (κ1) is 44.4. The molecular formula is C48H57N7O9. The van der Waals surface area contributed by atoms with Gasteiger partial charge in [0.25, 0.3) is 5.91 Å². The standard InChI is InChI=1S/C48H57N7O9/c1-3-33(49-27-40(57)36-12-14-39(56)44-37(36)13-15-42(58)50-44)26-48(46(60)61)18-22-55(23-19-48)45(59)38-25-34(53(2)52-38)29-63-35-11-7-10-32(24-35)43(31-8-5-4-6-9-31)51-47(62)64-41-28-54-20-16-30(41)17-21-54/h4-15,24-25,30,33,40-41,43,49,56-57H,3,16-23,26-29H2,1-2H3,(H,50,58)(H,51,62)(H,60,61)/t33?,40-,41-,43-/m0/s1. The maximum absolute atomic E-state index is 13.8. The second-order valence-electron chi connectivity index (χ2n) is 17.5. The number of alkyl carbamates (subject to hydrolysis) is 1. The maximum atomic E-state index is 13.8. The fourth-order valence-corrected chi connectivity index (χ4v) is 9.60. The number of ether oxygens (including phenoxy) is 2. The highest BCUT2D eigenvalue weighted by Crippen LogP contribution is 2.38. The molecule has 4 aliphatic rings. The number of carboxylic acids is 1. The summed E-state index contributed by atoms with van der Waals surface area (Å²) in [6.07, 6.45) is 1.93. The van der Waals surface area contributed by atoms with Gasteiger partial charge in [-0.3, -0.25) is 24.0 Å². The number of H-pyrrole nitrogens is 1. The predicted octanol–water partition coefficient (Wildman–Crippen LogP) is 5.25. The van der Waals surface area contributed by atoms with Crippen molar-refractivity contribution in [3.63, 3.8) is 0 Å². The molecule has 16 heteroatoms. The molecule has 2 amide bonds. The van der Waals surface area contributed by atoms with E-state index in [1.807, 2.05) is 61.5 Å². The number of phenolic OH excluding ortho intramolecular Hbond substituents is 1. The van der Waals surface area contributed by atoms with E-state index in [1.165, 1.54) is 12.1 Å². The van der Waals surface area contributed by atoms with Crippen LogP contribution in [0, 0.1) is 11.3 Å². The Labute approximate surface area is 371 Å². The summed E-state index contributed by atoms with van der Waals surface area (Å²) in [5.41, 5.74) is 1.92. The number of carboxylic acid groups (broad SMARTS) is 1. The van der Waals surface area contributed by atoms with Crippen LogP contribution in [0.3, 0.4) is 0 Å². The Balaban J connectivity index is 0.866. The van der Waals surface area contributed by atoms with E-state index in [-0.39, 0.29) is 79.7 Å². The van der Waals surface area contributed by atoms with Gasteiger partial charge in [0.05, 0.1) is 28.8 Å². The molecule has 6 heterocycles. The van der Waals surface area contributed by atoms with Crippen LogP contribution in [0.25, 0.3) is 10.9 Å². The maximum Gasteiger partial charge on any atom is 0.408 e. The van der Waals surface area contributed by atoms with Crippen LogP contribution >= 0.6 is 0 Å². The molecule has 0 aliphatic carbocycles. The van der Waals surface area contributed by atoms with Gasteiger partial charge in [0.2, 0.25) is 5.56 Å². The topological polar surface area (TPSA) is 212 Å². The van der Waals surface area contributed by atoms with E-state index in [4.69, 9.17) is 9.47 Å². The summed E-state index contributed by atoms with van der Waals surface area (Å²) in [6.45, 7) is 5.55. The normalized spacial score (nSPS) is 20.6. The van der Waals surface area contributed by atoms with Gasteiger partial charge in [0.15, 0.2) is 5.69 Å². The van der Waals surface area contributed by atoms with Gasteiger partial charge in [-0.1, -0.05) is 55.5 Å². The average Bonchev–Trinajstić information content (AvgIpc) is 3.69. The molecule has 0 spiro atoms. The number of amides is 2. The minimum atomic E-state index is -1.08. The number of aromatic amines is 1. The second-order valence-corrected chi connectivity index (χ2v) is 17.5. The third kappa shape index (κ3) is 9.78. The number of hydrogen-bond acceptors (Lipinski definition) is 11. The largest absolute Gasteiger partial charge is 0.506 e. The smallest absolute Gasteiger partial charge is 0.408 e. The molecule has 6 N–H and O–H groups in total. The van der Waals surface area contributed by atoms with Crippen molar-refractivity contribution in [2.45, 2.75) is 76.3 Å². The summed E-state index contributed by atoms with van der Waals surface area (Å²) in [4.78, 5) is 58.4. The molecule has 4 saturated heterocycles. The highest BCUT2D eigenvalue weighted by molar-refractivity contribution is 5.92. The van der Waals surface area contributed by atoms with Crippen LogP contribution in [0.15, 0.2) is 89.7 Å². The summed E-state index contributed by atoms with van der Waals surface area (Å²) < 4.78 is 13.8. The van der Waals surface area contributed by atoms with Crippen LogP contribution in [-0.4, -0.2) is 109 Å². The number of rotatable bonds is 16. The Kier molecular flexibility index (Phi) is 13.3. The van der Waals surface area contributed by atoms with Crippen LogP contribution < -0.4 is 20.9 Å². The molecule has 1 unspecified atom stereocenters. The van der Waals surface area contributed by atoms with Gasteiger partial charge in [-0.05, 0) is 105 Å². The number of aliphatic hydroxyl groups excluding tert-OH is 1. The highest BCUT2D eigenvalue weighted by atomic mass is 16.6. The lowest BCUT2D eigenvalue weighted by Crippen LogP contribution is -2.52. The van der Waals surface area contributed by atoms with Gasteiger partial charge in [-0.2, -0.15) is 5.10 Å². The van der Waals surface area contributed by atoms with E-state index >= 15 is 0 Å². The summed E-state index contributed by atoms with van der Waals surface area (Å²) in [7, 11) is 1.74. The molecule has 4 fully saturated rings. The average molecular weight is 876 g/mol. The van der Waals surface area contributed by atoms with Crippen LogP contribution in [0.2, 0.25) is 0 Å². The van der Waals surface area contributed by atoms with Crippen molar-refractivity contribution in [1.82, 2.24) is 35.2 Å². The number of aromatic nitrogens is 3. The number of aliphatic carboxylic acids is 1. The number of hydrogen-bond donors (Lipinski definition) is 6.